The summed E-state index contributed by atoms with van der Waals surface area (Å²) in [4.78, 5) is 32.7. The minimum absolute atomic E-state index is 0.107. The maximum atomic E-state index is 12.3. The van der Waals surface area contributed by atoms with Crippen LogP contribution in [0, 0.1) is 0 Å². The van der Waals surface area contributed by atoms with E-state index >= 15 is 0 Å². The number of hydrogen-bond donors (Lipinski definition) is 1. The molecule has 3 rings (SSSR count). The second kappa shape index (κ2) is 6.27. The van der Waals surface area contributed by atoms with E-state index in [0.717, 1.165) is 0 Å². The largest absolute Gasteiger partial charge is 0.325 e. The van der Waals surface area contributed by atoms with Crippen LogP contribution in [0.25, 0.3) is 11.2 Å². The summed E-state index contributed by atoms with van der Waals surface area (Å²) in [5.41, 5.74) is 2.33. The third kappa shape index (κ3) is 3.05. The number of benzene rings is 1. The molecule has 0 saturated heterocycles. The summed E-state index contributed by atoms with van der Waals surface area (Å²) in [6, 6.07) is 7.67. The molecule has 124 valence electrons. The third-order valence-electron chi connectivity index (χ3n) is 3.86. The fourth-order valence-corrected chi connectivity index (χ4v) is 2.46. The average Bonchev–Trinajstić information content (AvgIpc) is 2.92. The van der Waals surface area contributed by atoms with Crippen molar-refractivity contribution >= 4 is 22.8 Å². The van der Waals surface area contributed by atoms with Gasteiger partial charge in [0.25, 0.3) is 5.56 Å². The maximum Gasteiger partial charge on any atom is 0.281 e. The van der Waals surface area contributed by atoms with Crippen molar-refractivity contribution in [2.45, 2.75) is 26.3 Å². The molecule has 0 radical (unpaired) electrons. The van der Waals surface area contributed by atoms with E-state index in [4.69, 9.17) is 0 Å². The molecule has 24 heavy (non-hydrogen) atoms. The summed E-state index contributed by atoms with van der Waals surface area (Å²) in [6.45, 7) is 4.12. The molecule has 0 aliphatic carbocycles. The van der Waals surface area contributed by atoms with Crippen molar-refractivity contribution in [3.8, 4) is 0 Å². The van der Waals surface area contributed by atoms with E-state index < -0.39 is 0 Å². The summed E-state index contributed by atoms with van der Waals surface area (Å²) < 4.78 is 2.92. The number of aromatic nitrogens is 4. The highest BCUT2D eigenvalue weighted by atomic mass is 16.2. The van der Waals surface area contributed by atoms with Crippen LogP contribution in [0.3, 0.4) is 0 Å². The summed E-state index contributed by atoms with van der Waals surface area (Å²) in [7, 11) is 1.76. The van der Waals surface area contributed by atoms with Crippen molar-refractivity contribution in [1.82, 2.24) is 19.1 Å². The highest BCUT2D eigenvalue weighted by Gasteiger charge is 2.11. The Balaban J connectivity index is 1.75. The Kier molecular flexibility index (Phi) is 4.16. The lowest BCUT2D eigenvalue weighted by molar-refractivity contribution is -0.116. The van der Waals surface area contributed by atoms with Gasteiger partial charge in [-0.25, -0.2) is 9.97 Å². The third-order valence-corrected chi connectivity index (χ3v) is 3.86. The minimum atomic E-state index is -0.328. The second-order valence-electron chi connectivity index (χ2n) is 6.03. The normalized spacial score (nSPS) is 11.2. The predicted molar refractivity (Wildman–Crippen MR) is 91.9 cm³/mol. The van der Waals surface area contributed by atoms with Crippen LogP contribution in [-0.4, -0.2) is 25.0 Å². The van der Waals surface area contributed by atoms with Gasteiger partial charge in [0, 0.05) is 12.7 Å². The molecule has 0 aliphatic heterocycles. The standard InChI is InChI=1S/C17H19N5O2/c1-11(2)12-4-6-13(7-5-12)20-14(23)8-22-10-19-16-15(17(22)24)18-9-21(16)3/h4-7,9-11H,8H2,1-3H3,(H,20,23). The van der Waals surface area contributed by atoms with Gasteiger partial charge in [0.1, 0.15) is 12.9 Å². The lowest BCUT2D eigenvalue weighted by atomic mass is 10.0. The monoisotopic (exact) mass is 325 g/mol. The van der Waals surface area contributed by atoms with Crippen LogP contribution in [0.1, 0.15) is 25.3 Å². The Labute approximate surface area is 139 Å². The number of nitrogens with one attached hydrogen (secondary N) is 1. The van der Waals surface area contributed by atoms with Crippen LogP contribution in [-0.2, 0) is 18.4 Å². The topological polar surface area (TPSA) is 81.8 Å². The molecule has 0 saturated carbocycles. The fourth-order valence-electron chi connectivity index (χ4n) is 2.46. The number of amides is 1. The van der Waals surface area contributed by atoms with E-state index in [9.17, 15) is 9.59 Å². The SMILES string of the molecule is CC(C)c1ccc(NC(=O)Cn2cnc3c(ncn3C)c2=O)cc1. The lowest BCUT2D eigenvalue weighted by Gasteiger charge is -2.09. The molecule has 7 heteroatoms. The Bertz CT molecular complexity index is 938. The van der Waals surface area contributed by atoms with Crippen LogP contribution in [0.4, 0.5) is 5.69 Å². The summed E-state index contributed by atoms with van der Waals surface area (Å²) in [5.74, 6) is 0.149. The Hall–Kier alpha value is -2.96. The number of rotatable bonds is 4. The van der Waals surface area contributed by atoms with Crippen molar-refractivity contribution in [1.29, 1.82) is 0 Å². The summed E-state index contributed by atoms with van der Waals surface area (Å²) >= 11 is 0. The maximum absolute atomic E-state index is 12.3. The van der Waals surface area contributed by atoms with Crippen molar-refractivity contribution < 1.29 is 4.79 Å². The molecule has 2 aromatic heterocycles. The number of aryl methyl sites for hydroxylation is 1. The van der Waals surface area contributed by atoms with Crippen molar-refractivity contribution in [2.24, 2.45) is 7.05 Å². The first-order valence-corrected chi connectivity index (χ1v) is 7.72. The van der Waals surface area contributed by atoms with Gasteiger partial charge in [0.05, 0.1) is 6.33 Å². The first-order valence-electron chi connectivity index (χ1n) is 7.72. The van der Waals surface area contributed by atoms with Crippen molar-refractivity contribution in [2.75, 3.05) is 5.32 Å². The smallest absolute Gasteiger partial charge is 0.281 e. The number of nitrogens with zero attached hydrogens (tertiary/aromatic N) is 4. The number of imidazole rings is 1. The molecule has 0 atom stereocenters. The molecule has 0 spiro atoms. The van der Waals surface area contributed by atoms with Crippen LogP contribution < -0.4 is 10.9 Å². The van der Waals surface area contributed by atoms with E-state index in [1.54, 1.807) is 11.6 Å². The Morgan fingerprint density at radius 3 is 2.54 bits per heavy atom. The minimum Gasteiger partial charge on any atom is -0.325 e. The number of carbonyl (C=O) groups is 1. The zero-order valence-electron chi connectivity index (χ0n) is 13.9. The molecule has 1 N–H and O–H groups in total. The van der Waals surface area contributed by atoms with Gasteiger partial charge >= 0.3 is 0 Å². The van der Waals surface area contributed by atoms with Gasteiger partial charge in [-0.1, -0.05) is 26.0 Å². The van der Waals surface area contributed by atoms with E-state index in [2.05, 4.69) is 29.1 Å². The van der Waals surface area contributed by atoms with E-state index in [1.165, 1.54) is 22.8 Å². The molecule has 1 aromatic carbocycles. The molecule has 2 heterocycles. The molecule has 0 unspecified atom stereocenters. The Morgan fingerprint density at radius 2 is 1.88 bits per heavy atom. The molecule has 0 fully saturated rings. The molecule has 1 amide bonds. The van der Waals surface area contributed by atoms with Gasteiger partial charge in [-0.3, -0.25) is 14.2 Å². The van der Waals surface area contributed by atoms with Crippen LogP contribution in [0.5, 0.6) is 0 Å². The molecule has 3 aromatic rings. The zero-order chi connectivity index (χ0) is 17.3. The molecule has 7 nitrogen and oxygen atoms in total. The molecular formula is C17H19N5O2. The van der Waals surface area contributed by atoms with Crippen molar-refractivity contribution in [3.05, 3.63) is 52.8 Å². The number of anilines is 1. The highest BCUT2D eigenvalue weighted by molar-refractivity contribution is 5.90. The summed E-state index contributed by atoms with van der Waals surface area (Å²) in [6.07, 6.45) is 2.90. The number of fused-ring (bicyclic) bond motifs is 1. The van der Waals surface area contributed by atoms with E-state index in [-0.39, 0.29) is 23.5 Å². The van der Waals surface area contributed by atoms with Gasteiger partial charge in [-0.05, 0) is 23.6 Å². The van der Waals surface area contributed by atoms with Crippen LogP contribution in [0.2, 0.25) is 0 Å². The summed E-state index contributed by atoms with van der Waals surface area (Å²) in [5, 5.41) is 2.78. The number of hydrogen-bond acceptors (Lipinski definition) is 4. The Morgan fingerprint density at radius 1 is 1.17 bits per heavy atom. The van der Waals surface area contributed by atoms with Gasteiger partial charge in [0.15, 0.2) is 11.2 Å². The van der Waals surface area contributed by atoms with Crippen LogP contribution in [0.15, 0.2) is 41.7 Å². The van der Waals surface area contributed by atoms with Gasteiger partial charge in [-0.2, -0.15) is 0 Å². The first kappa shape index (κ1) is 15.9. The van der Waals surface area contributed by atoms with Crippen molar-refractivity contribution in [3.63, 3.8) is 0 Å². The van der Waals surface area contributed by atoms with Gasteiger partial charge in [-0.15, -0.1) is 0 Å². The van der Waals surface area contributed by atoms with Gasteiger partial charge in [0.2, 0.25) is 5.91 Å². The van der Waals surface area contributed by atoms with E-state index in [1.807, 2.05) is 24.3 Å². The first-order chi connectivity index (χ1) is 11.5. The number of carbonyl (C=O) groups excluding carboxylic acids is 1. The molecule has 0 bridgehead atoms. The fraction of sp³-hybridized carbons (Fsp3) is 0.294. The zero-order valence-corrected chi connectivity index (χ0v) is 13.9. The van der Waals surface area contributed by atoms with Gasteiger partial charge < -0.3 is 9.88 Å². The second-order valence-corrected chi connectivity index (χ2v) is 6.03. The molecule has 0 aliphatic rings. The highest BCUT2D eigenvalue weighted by Crippen LogP contribution is 2.17. The average molecular weight is 325 g/mol. The lowest BCUT2D eigenvalue weighted by Crippen LogP contribution is -2.28. The quantitative estimate of drug-likeness (QED) is 0.794. The van der Waals surface area contributed by atoms with Crippen LogP contribution >= 0.6 is 0 Å². The molecular weight excluding hydrogens is 306 g/mol. The van der Waals surface area contributed by atoms with E-state index in [0.29, 0.717) is 17.3 Å². The predicted octanol–water partition coefficient (Wildman–Crippen LogP) is 1.89.